The molecule has 2 aliphatic carbocycles. The smallest absolute Gasteiger partial charge is 0.404 e. The van der Waals surface area contributed by atoms with Crippen molar-refractivity contribution in [1.82, 2.24) is 31.1 Å². The number of nitrogens with zero attached hydrogens (tertiary/aromatic N) is 2. The first-order chi connectivity index (χ1) is 30.2. The molecule has 0 aromatic rings. The van der Waals surface area contributed by atoms with Crippen molar-refractivity contribution in [3.05, 3.63) is 22.5 Å². The molecule has 0 aromatic heterocycles. The SMILES string of the molecule is CO[C@]12[C@@H](COC(N)=O)C3=C(C(=O)C(C)=C(N)C3=O)N1C[C@@H]1[C@H]2N1C(=O)C(CC(C)C)NC(=O)C(C)NC(=O)C(CC(C)C)NC(=O)C(C)NC(=O)C1C(C(=O)O)C(C(=O)O)C1C(=O)O. The molecule has 3 fully saturated rings. The molecule has 2 saturated heterocycles. The molecule has 0 radical (unpaired) electrons. The van der Waals surface area contributed by atoms with Gasteiger partial charge in [0.05, 0.1) is 47.0 Å². The Morgan fingerprint density at radius 3 is 1.72 bits per heavy atom. The average Bonchev–Trinajstić information content (AvgIpc) is 3.69. The zero-order valence-corrected chi connectivity index (χ0v) is 37.0. The second kappa shape index (κ2) is 18.5. The molecular formula is C41H56N8O16. The molecule has 0 spiro atoms. The van der Waals surface area contributed by atoms with Crippen molar-refractivity contribution in [2.24, 2.45) is 52.9 Å². The molecule has 24 nitrogen and oxygen atoms in total. The third kappa shape index (κ3) is 8.81. The molecule has 24 heteroatoms. The molecule has 0 aromatic carbocycles. The van der Waals surface area contributed by atoms with E-state index in [1.807, 2.05) is 13.8 Å². The number of hydrogen-bond acceptors (Lipinski definition) is 15. The number of methoxy groups -OCH3 is 1. The molecule has 6 unspecified atom stereocenters. The molecule has 3 aliphatic heterocycles. The Bertz CT molecular complexity index is 2150. The fourth-order valence-corrected chi connectivity index (χ4v) is 9.70. The van der Waals surface area contributed by atoms with E-state index in [0.29, 0.717) is 0 Å². The summed E-state index contributed by atoms with van der Waals surface area (Å²) < 4.78 is 11.2. The van der Waals surface area contributed by atoms with E-state index in [9.17, 15) is 68.1 Å². The number of fused-ring (bicyclic) bond motifs is 4. The second-order valence-corrected chi connectivity index (χ2v) is 17.9. The summed E-state index contributed by atoms with van der Waals surface area (Å²) in [4.78, 5) is 145. The summed E-state index contributed by atoms with van der Waals surface area (Å²) in [7, 11) is 1.33. The Labute approximate surface area is 372 Å². The van der Waals surface area contributed by atoms with E-state index in [1.54, 1.807) is 18.7 Å². The molecule has 5 aliphatic rings. The lowest BCUT2D eigenvalue weighted by atomic mass is 9.56. The fourth-order valence-electron chi connectivity index (χ4n) is 9.70. The van der Waals surface area contributed by atoms with Gasteiger partial charge in [-0.3, -0.25) is 47.9 Å². The Hall–Kier alpha value is -6.59. The maximum atomic E-state index is 14.4. The van der Waals surface area contributed by atoms with Crippen LogP contribution in [0.4, 0.5) is 4.79 Å². The maximum Gasteiger partial charge on any atom is 0.404 e. The van der Waals surface area contributed by atoms with Crippen LogP contribution in [0, 0.1) is 41.4 Å². The third-order valence-corrected chi connectivity index (χ3v) is 12.8. The van der Waals surface area contributed by atoms with Crippen molar-refractivity contribution in [2.75, 3.05) is 20.3 Å². The van der Waals surface area contributed by atoms with Crippen LogP contribution in [-0.4, -0.2) is 152 Å². The van der Waals surface area contributed by atoms with Crippen LogP contribution in [0.25, 0.3) is 0 Å². The van der Waals surface area contributed by atoms with Gasteiger partial charge in [0, 0.05) is 24.8 Å². The molecule has 10 atom stereocenters. The number of amides is 6. The summed E-state index contributed by atoms with van der Waals surface area (Å²) in [5, 5.41) is 38.5. The van der Waals surface area contributed by atoms with Gasteiger partial charge in [0.1, 0.15) is 36.8 Å². The molecule has 0 bridgehead atoms. The minimum atomic E-state index is -1.88. The maximum absolute atomic E-state index is 14.4. The summed E-state index contributed by atoms with van der Waals surface area (Å²) in [6, 6.07) is -6.55. The molecule has 5 rings (SSSR count). The normalized spacial score (nSPS) is 28.2. The number of hydrogen-bond donors (Lipinski definition) is 9. The number of nitrogens with one attached hydrogen (secondary N) is 4. The lowest BCUT2D eigenvalue weighted by Gasteiger charge is -2.44. The average molecular weight is 917 g/mol. The lowest BCUT2D eigenvalue weighted by Crippen LogP contribution is -2.63. The van der Waals surface area contributed by atoms with Gasteiger partial charge in [0.25, 0.3) is 0 Å². The quantitative estimate of drug-likeness (QED) is 0.0473. The van der Waals surface area contributed by atoms with Crippen LogP contribution in [0.15, 0.2) is 22.5 Å². The van der Waals surface area contributed by atoms with Gasteiger partial charge in [-0.25, -0.2) is 4.79 Å². The number of rotatable bonds is 19. The van der Waals surface area contributed by atoms with Gasteiger partial charge in [-0.15, -0.1) is 0 Å². The number of ketones is 2. The number of carbonyl (C=O) groups is 11. The molecule has 356 valence electrons. The van der Waals surface area contributed by atoms with Gasteiger partial charge in [0.15, 0.2) is 5.72 Å². The van der Waals surface area contributed by atoms with E-state index >= 15 is 0 Å². The van der Waals surface area contributed by atoms with Gasteiger partial charge < -0.3 is 67.3 Å². The van der Waals surface area contributed by atoms with Crippen molar-refractivity contribution in [1.29, 1.82) is 0 Å². The predicted octanol–water partition coefficient (Wildman–Crippen LogP) is -2.61. The van der Waals surface area contributed by atoms with Gasteiger partial charge in [-0.2, -0.15) is 0 Å². The van der Waals surface area contributed by atoms with E-state index in [1.165, 1.54) is 32.8 Å². The zero-order chi connectivity index (χ0) is 48.9. The third-order valence-electron chi connectivity index (χ3n) is 12.8. The summed E-state index contributed by atoms with van der Waals surface area (Å²) in [5.74, 6) is -19.5. The van der Waals surface area contributed by atoms with Crippen LogP contribution in [0.2, 0.25) is 0 Å². The van der Waals surface area contributed by atoms with Gasteiger partial charge >= 0.3 is 24.0 Å². The van der Waals surface area contributed by atoms with Crippen molar-refractivity contribution in [3.63, 3.8) is 0 Å². The minimum Gasteiger partial charge on any atom is -0.481 e. The Morgan fingerprint density at radius 2 is 1.23 bits per heavy atom. The van der Waals surface area contributed by atoms with Crippen molar-refractivity contribution >= 4 is 65.1 Å². The Kier molecular flexibility index (Phi) is 14.1. The van der Waals surface area contributed by atoms with E-state index in [-0.39, 0.29) is 53.8 Å². The van der Waals surface area contributed by atoms with E-state index < -0.39 is 143 Å². The first-order valence-electron chi connectivity index (χ1n) is 21.0. The van der Waals surface area contributed by atoms with Crippen LogP contribution in [0.3, 0.4) is 0 Å². The zero-order valence-electron chi connectivity index (χ0n) is 37.0. The highest BCUT2D eigenvalue weighted by atomic mass is 16.6. The number of aliphatic carboxylic acids is 3. The van der Waals surface area contributed by atoms with Gasteiger partial charge in [0.2, 0.25) is 41.1 Å². The molecule has 6 amide bonds. The van der Waals surface area contributed by atoms with Crippen LogP contribution in [-0.2, 0) is 57.4 Å². The summed E-state index contributed by atoms with van der Waals surface area (Å²) >= 11 is 0. The Balaban J connectivity index is 1.27. The van der Waals surface area contributed by atoms with Crippen molar-refractivity contribution in [3.8, 4) is 0 Å². The van der Waals surface area contributed by atoms with Crippen LogP contribution < -0.4 is 32.7 Å². The predicted molar refractivity (Wildman–Crippen MR) is 219 cm³/mol. The Morgan fingerprint density at radius 1 is 0.738 bits per heavy atom. The van der Waals surface area contributed by atoms with Crippen LogP contribution in [0.5, 0.6) is 0 Å². The number of carboxylic acid groups (broad SMARTS) is 3. The monoisotopic (exact) mass is 916 g/mol. The first kappa shape index (κ1) is 49.4. The number of ether oxygens (including phenoxy) is 2. The molecule has 11 N–H and O–H groups in total. The highest BCUT2D eigenvalue weighted by Crippen LogP contribution is 2.60. The number of carbonyl (C=O) groups excluding carboxylic acids is 8. The molecular weight excluding hydrogens is 860 g/mol. The van der Waals surface area contributed by atoms with E-state index in [4.69, 9.17) is 20.9 Å². The number of carboxylic acids is 3. The summed E-state index contributed by atoms with van der Waals surface area (Å²) in [5.41, 5.74) is 9.50. The minimum absolute atomic E-state index is 0.0242. The highest BCUT2D eigenvalue weighted by Gasteiger charge is 2.78. The number of nitrogens with two attached hydrogens (primary N) is 2. The summed E-state index contributed by atoms with van der Waals surface area (Å²) in [6.45, 7) is 10.6. The van der Waals surface area contributed by atoms with Gasteiger partial charge in [-0.1, -0.05) is 27.7 Å². The van der Waals surface area contributed by atoms with Crippen molar-refractivity contribution < 1.29 is 77.5 Å². The molecule has 3 heterocycles. The first-order valence-corrected chi connectivity index (χ1v) is 21.0. The summed E-state index contributed by atoms with van der Waals surface area (Å²) in [6.07, 6.45) is -0.984. The lowest BCUT2D eigenvalue weighted by molar-refractivity contribution is -0.187. The second-order valence-electron chi connectivity index (χ2n) is 17.9. The fraction of sp³-hybridized carbons (Fsp3) is 0.634. The molecule has 1 saturated carbocycles. The van der Waals surface area contributed by atoms with Gasteiger partial charge in [-0.05, 0) is 45.4 Å². The number of piperazine rings is 1. The van der Waals surface area contributed by atoms with E-state index in [0.717, 1.165) is 0 Å². The molecule has 65 heavy (non-hydrogen) atoms. The highest BCUT2D eigenvalue weighted by molar-refractivity contribution is 6.25. The standard InChI is InChI=1S/C41H56N8O16/c1-13(2)9-19(46-32(52)17(7)45-35(55)23-24(37(57)58)26(39(61)62)25(23)38(59)60)34(54)44-16(6)33(53)47-20(10-14(3)4)36(56)49-21-11-48-28-22(30(51)27(42)15(5)29(28)50)18(12-65-40(43)63)41(48,64-8)31(21)49/h13-14,16-21,23-26,31H,9-12,42H2,1-8H3,(H2,43,63)(H,44,54)(H,45,55)(H,46,52)(H,47,53)(H,57,58)(H,59,60)(H,61,62)/t16?,17?,18-,19?,20?,21+,23?,24?,25?,26?,31+,41-,49?/m0/s1. The van der Waals surface area contributed by atoms with Crippen molar-refractivity contribution in [2.45, 2.75) is 103 Å². The van der Waals surface area contributed by atoms with Crippen LogP contribution in [0.1, 0.15) is 61.3 Å². The van der Waals surface area contributed by atoms with Crippen LogP contribution >= 0.6 is 0 Å². The largest absolute Gasteiger partial charge is 0.481 e. The number of primary amides is 1. The number of allylic oxidation sites excluding steroid dienone is 2. The number of Topliss-reactive ketones (excluding diaryl/α,β-unsaturated/α-hetero) is 2. The topological polar surface area (TPSA) is 373 Å². The van der Waals surface area contributed by atoms with E-state index in [2.05, 4.69) is 21.3 Å².